The van der Waals surface area contributed by atoms with Crippen molar-refractivity contribution in [3.05, 3.63) is 69.2 Å². The van der Waals surface area contributed by atoms with Gasteiger partial charge in [-0.25, -0.2) is 0 Å². The zero-order valence-electron chi connectivity index (χ0n) is 19.4. The third-order valence-corrected chi connectivity index (χ3v) is 7.71. The van der Waals surface area contributed by atoms with Crippen LogP contribution in [0.4, 0.5) is 0 Å². The number of rotatable bonds is 4. The average Bonchev–Trinajstić information content (AvgIpc) is 3.59. The Hall–Kier alpha value is -2.61. The highest BCUT2D eigenvalue weighted by Gasteiger charge is 2.54. The number of halogens is 2. The van der Waals surface area contributed by atoms with E-state index in [1.54, 1.807) is 34.1 Å². The van der Waals surface area contributed by atoms with Crippen molar-refractivity contribution in [1.29, 1.82) is 0 Å². The average molecular weight is 516 g/mol. The number of ether oxygens (including phenoxy) is 1. The molecule has 3 aliphatic rings. The molecule has 1 spiro atoms. The lowest BCUT2D eigenvalue weighted by Gasteiger charge is -2.44. The smallest absolute Gasteiger partial charge is 0.256 e. The van der Waals surface area contributed by atoms with Crippen LogP contribution < -0.4 is 5.32 Å². The summed E-state index contributed by atoms with van der Waals surface area (Å²) >= 11 is 12.1. The van der Waals surface area contributed by atoms with Gasteiger partial charge in [-0.2, -0.15) is 0 Å². The maximum atomic E-state index is 13.8. The van der Waals surface area contributed by atoms with Crippen LogP contribution in [0.5, 0.6) is 0 Å². The Morgan fingerprint density at radius 1 is 0.971 bits per heavy atom. The van der Waals surface area contributed by atoms with Crippen LogP contribution >= 0.6 is 23.2 Å². The van der Waals surface area contributed by atoms with Crippen LogP contribution in [0.15, 0.2) is 42.5 Å². The van der Waals surface area contributed by atoms with Crippen LogP contribution in [0.1, 0.15) is 52.0 Å². The minimum Gasteiger partial charge on any atom is -0.353 e. The van der Waals surface area contributed by atoms with E-state index in [-0.39, 0.29) is 30.4 Å². The van der Waals surface area contributed by atoms with Gasteiger partial charge in [0.25, 0.3) is 11.8 Å². The lowest BCUT2D eigenvalue weighted by molar-refractivity contribution is -0.128. The number of likely N-dealkylation sites (tertiary alicyclic amines) is 1. The van der Waals surface area contributed by atoms with E-state index < -0.39 is 11.8 Å². The zero-order chi connectivity index (χ0) is 24.7. The third kappa shape index (κ3) is 4.77. The van der Waals surface area contributed by atoms with Crippen molar-refractivity contribution in [1.82, 2.24) is 15.1 Å². The maximum absolute atomic E-state index is 13.8. The molecule has 3 amide bonds. The number of hydrogen-bond acceptors (Lipinski definition) is 4. The van der Waals surface area contributed by atoms with E-state index in [0.29, 0.717) is 47.1 Å². The van der Waals surface area contributed by atoms with E-state index in [4.69, 9.17) is 27.9 Å². The molecule has 1 saturated carbocycles. The van der Waals surface area contributed by atoms with Crippen LogP contribution in [0.3, 0.4) is 0 Å². The summed E-state index contributed by atoms with van der Waals surface area (Å²) in [6.07, 6.45) is 2.74. The second-order valence-electron chi connectivity index (χ2n) is 9.52. The Morgan fingerprint density at radius 2 is 1.69 bits per heavy atom. The highest BCUT2D eigenvalue weighted by molar-refractivity contribution is 6.42. The number of aryl methyl sites for hydroxylation is 1. The van der Waals surface area contributed by atoms with Gasteiger partial charge in [-0.3, -0.25) is 19.3 Å². The summed E-state index contributed by atoms with van der Waals surface area (Å²) in [6, 6.07) is 11.7. The van der Waals surface area contributed by atoms with Gasteiger partial charge in [-0.15, -0.1) is 0 Å². The van der Waals surface area contributed by atoms with E-state index in [1.807, 2.05) is 25.1 Å². The maximum Gasteiger partial charge on any atom is 0.256 e. The topological polar surface area (TPSA) is 79.0 Å². The number of carbonyl (C=O) groups excluding carboxylic acids is 3. The Morgan fingerprint density at radius 3 is 2.34 bits per heavy atom. The van der Waals surface area contributed by atoms with Crippen LogP contribution in [0, 0.1) is 6.92 Å². The number of benzene rings is 2. The molecule has 1 N–H and O–H groups in total. The summed E-state index contributed by atoms with van der Waals surface area (Å²) in [4.78, 5) is 43.3. The van der Waals surface area contributed by atoms with Gasteiger partial charge in [0.05, 0.1) is 16.7 Å². The summed E-state index contributed by atoms with van der Waals surface area (Å²) in [5, 5.41) is 3.74. The van der Waals surface area contributed by atoms with Crippen LogP contribution in [0.25, 0.3) is 0 Å². The molecule has 0 bridgehead atoms. The fourth-order valence-corrected chi connectivity index (χ4v) is 5.18. The van der Waals surface area contributed by atoms with Crippen molar-refractivity contribution in [3.63, 3.8) is 0 Å². The Balaban J connectivity index is 1.38. The molecule has 0 aromatic heterocycles. The lowest BCUT2D eigenvalue weighted by Crippen LogP contribution is -2.60. The molecule has 5 rings (SSSR count). The van der Waals surface area contributed by atoms with E-state index in [2.05, 4.69) is 5.32 Å². The SMILES string of the molecule is Cc1cccc(C(=O)N2C(C(=O)NC3CC3)COC23CCN(C(=O)c2ccc(Cl)c(Cl)c2)CC3)c1. The summed E-state index contributed by atoms with van der Waals surface area (Å²) in [5.41, 5.74) is 0.998. The first-order valence-corrected chi connectivity index (χ1v) is 12.6. The number of nitrogens with one attached hydrogen (secondary N) is 1. The first-order chi connectivity index (χ1) is 16.8. The second-order valence-corrected chi connectivity index (χ2v) is 10.3. The van der Waals surface area contributed by atoms with E-state index in [9.17, 15) is 14.4 Å². The predicted octanol–water partition coefficient (Wildman–Crippen LogP) is 4.05. The Bertz CT molecular complexity index is 1170. The van der Waals surface area contributed by atoms with Crippen molar-refractivity contribution in [3.8, 4) is 0 Å². The summed E-state index contributed by atoms with van der Waals surface area (Å²) < 4.78 is 6.24. The molecule has 2 saturated heterocycles. The molecule has 184 valence electrons. The molecule has 2 aromatic rings. The fourth-order valence-electron chi connectivity index (χ4n) is 4.88. The molecule has 1 unspecified atom stereocenters. The normalized spacial score (nSPS) is 21.3. The zero-order valence-corrected chi connectivity index (χ0v) is 20.9. The summed E-state index contributed by atoms with van der Waals surface area (Å²) in [6.45, 7) is 2.83. The largest absolute Gasteiger partial charge is 0.353 e. The minimum atomic E-state index is -0.944. The van der Waals surface area contributed by atoms with Crippen LogP contribution in [-0.2, 0) is 9.53 Å². The number of amides is 3. The second kappa shape index (κ2) is 9.45. The standard InChI is InChI=1S/C26H27Cl2N3O4/c1-16-3-2-4-17(13-16)25(34)31-22(23(32)29-19-6-7-19)15-35-26(31)9-11-30(12-10-26)24(33)18-5-8-20(27)21(28)14-18/h2-5,8,13-14,19,22H,6-7,9-12,15H2,1H3,(H,29,32). The van der Waals surface area contributed by atoms with Crippen molar-refractivity contribution < 1.29 is 19.1 Å². The molecule has 35 heavy (non-hydrogen) atoms. The number of nitrogens with zero attached hydrogens (tertiary/aromatic N) is 2. The molecule has 0 radical (unpaired) electrons. The highest BCUT2D eigenvalue weighted by atomic mass is 35.5. The van der Waals surface area contributed by atoms with Crippen molar-refractivity contribution >= 4 is 40.9 Å². The molecule has 7 nitrogen and oxygen atoms in total. The molecule has 3 fully saturated rings. The van der Waals surface area contributed by atoms with Gasteiger partial charge in [0.15, 0.2) is 0 Å². The van der Waals surface area contributed by atoms with Gasteiger partial charge < -0.3 is 15.0 Å². The molecule has 1 atom stereocenters. The van der Waals surface area contributed by atoms with E-state index in [0.717, 1.165) is 18.4 Å². The highest BCUT2D eigenvalue weighted by Crippen LogP contribution is 2.39. The number of hydrogen-bond donors (Lipinski definition) is 1. The Labute approximate surface area is 214 Å². The third-order valence-electron chi connectivity index (χ3n) is 6.97. The van der Waals surface area contributed by atoms with Crippen LogP contribution in [-0.4, -0.2) is 65.0 Å². The molecule has 2 heterocycles. The molecule has 2 aliphatic heterocycles. The van der Waals surface area contributed by atoms with Crippen molar-refractivity contribution in [2.75, 3.05) is 19.7 Å². The first-order valence-electron chi connectivity index (χ1n) is 11.9. The summed E-state index contributed by atoms with van der Waals surface area (Å²) in [7, 11) is 0. The van der Waals surface area contributed by atoms with Crippen molar-refractivity contribution in [2.24, 2.45) is 0 Å². The number of piperidine rings is 1. The van der Waals surface area contributed by atoms with Gasteiger partial charge in [-0.05, 0) is 50.1 Å². The molecule has 2 aromatic carbocycles. The fraction of sp³-hybridized carbons (Fsp3) is 0.423. The molecular weight excluding hydrogens is 489 g/mol. The van der Waals surface area contributed by atoms with Gasteiger partial charge in [0.2, 0.25) is 5.91 Å². The van der Waals surface area contributed by atoms with Gasteiger partial charge in [0, 0.05) is 43.1 Å². The van der Waals surface area contributed by atoms with Crippen molar-refractivity contribution in [2.45, 2.75) is 50.4 Å². The molecular formula is C26H27Cl2N3O4. The predicted molar refractivity (Wildman–Crippen MR) is 133 cm³/mol. The Kier molecular flexibility index (Phi) is 6.51. The lowest BCUT2D eigenvalue weighted by atomic mass is 9.95. The molecule has 9 heteroatoms. The minimum absolute atomic E-state index is 0.136. The van der Waals surface area contributed by atoms with E-state index in [1.165, 1.54) is 0 Å². The first kappa shape index (κ1) is 24.1. The van der Waals surface area contributed by atoms with Gasteiger partial charge in [0.1, 0.15) is 11.8 Å². The van der Waals surface area contributed by atoms with Gasteiger partial charge >= 0.3 is 0 Å². The van der Waals surface area contributed by atoms with Gasteiger partial charge in [-0.1, -0.05) is 40.9 Å². The van der Waals surface area contributed by atoms with E-state index >= 15 is 0 Å². The number of carbonyl (C=O) groups is 3. The quantitative estimate of drug-likeness (QED) is 0.665. The van der Waals surface area contributed by atoms with Crippen LogP contribution in [0.2, 0.25) is 10.0 Å². The summed E-state index contributed by atoms with van der Waals surface area (Å²) in [5.74, 6) is -0.568. The molecule has 1 aliphatic carbocycles. The monoisotopic (exact) mass is 515 g/mol.